The van der Waals surface area contributed by atoms with E-state index in [1.165, 1.54) is 32.1 Å². The van der Waals surface area contributed by atoms with Gasteiger partial charge in [-0.2, -0.15) is 0 Å². The Labute approximate surface area is 136 Å². The van der Waals surface area contributed by atoms with Crippen molar-refractivity contribution in [2.45, 2.75) is 44.9 Å². The van der Waals surface area contributed by atoms with E-state index in [1.807, 2.05) is 6.07 Å². The van der Waals surface area contributed by atoms with Gasteiger partial charge in [-0.1, -0.05) is 48.0 Å². The Morgan fingerprint density at radius 1 is 1.25 bits per heavy atom. The molecule has 110 valence electrons. The lowest BCUT2D eigenvalue weighted by Gasteiger charge is -2.21. The number of carbonyl (C=O) groups is 1. The van der Waals surface area contributed by atoms with Gasteiger partial charge in [0.1, 0.15) is 0 Å². The van der Waals surface area contributed by atoms with Crippen LogP contribution in [0, 0.1) is 5.92 Å². The van der Waals surface area contributed by atoms with Crippen LogP contribution >= 0.6 is 31.9 Å². The van der Waals surface area contributed by atoms with E-state index in [-0.39, 0.29) is 5.91 Å². The maximum Gasteiger partial charge on any atom is 0.224 e. The molecule has 1 aliphatic rings. The first-order chi connectivity index (χ1) is 9.56. The fourth-order valence-corrected chi connectivity index (χ4v) is 4.10. The van der Waals surface area contributed by atoms with Crippen LogP contribution in [0.5, 0.6) is 0 Å². The smallest absolute Gasteiger partial charge is 0.224 e. The zero-order valence-corrected chi connectivity index (χ0v) is 14.6. The van der Waals surface area contributed by atoms with Crippen LogP contribution in [0.2, 0.25) is 0 Å². The molecule has 3 nitrogen and oxygen atoms in total. The van der Waals surface area contributed by atoms with E-state index in [4.69, 9.17) is 5.73 Å². The van der Waals surface area contributed by atoms with E-state index in [9.17, 15) is 4.79 Å². The fraction of sp³-hybridized carbons (Fsp3) is 0.533. The van der Waals surface area contributed by atoms with E-state index in [0.29, 0.717) is 17.8 Å². The van der Waals surface area contributed by atoms with Gasteiger partial charge in [0.25, 0.3) is 0 Å². The number of rotatable bonds is 4. The summed E-state index contributed by atoms with van der Waals surface area (Å²) in [6.07, 6.45) is 8.10. The van der Waals surface area contributed by atoms with Crippen molar-refractivity contribution >= 4 is 49.1 Å². The van der Waals surface area contributed by atoms with Crippen molar-refractivity contribution in [2.24, 2.45) is 5.92 Å². The monoisotopic (exact) mass is 402 g/mol. The number of hydrogen-bond donors (Lipinski definition) is 2. The summed E-state index contributed by atoms with van der Waals surface area (Å²) < 4.78 is 1.69. The molecule has 0 radical (unpaired) electrons. The molecule has 1 aromatic rings. The molecule has 0 unspecified atom stereocenters. The third-order valence-corrected chi connectivity index (χ3v) is 4.94. The lowest BCUT2D eigenvalue weighted by molar-refractivity contribution is -0.116. The molecule has 0 atom stereocenters. The minimum absolute atomic E-state index is 0.0466. The maximum atomic E-state index is 12.0. The topological polar surface area (TPSA) is 55.1 Å². The first kappa shape index (κ1) is 15.8. The zero-order chi connectivity index (χ0) is 14.5. The van der Waals surface area contributed by atoms with Crippen molar-refractivity contribution in [3.05, 3.63) is 21.1 Å². The highest BCUT2D eigenvalue weighted by Crippen LogP contribution is 2.33. The van der Waals surface area contributed by atoms with Crippen LogP contribution in [0.3, 0.4) is 0 Å². The van der Waals surface area contributed by atoms with Gasteiger partial charge in [-0.15, -0.1) is 0 Å². The minimum Gasteiger partial charge on any atom is -0.397 e. The van der Waals surface area contributed by atoms with Gasteiger partial charge in [0.15, 0.2) is 0 Å². The quantitative estimate of drug-likeness (QED) is 0.687. The number of amides is 1. The van der Waals surface area contributed by atoms with Crippen LogP contribution in [0.15, 0.2) is 21.1 Å². The molecule has 0 heterocycles. The van der Waals surface area contributed by atoms with Crippen LogP contribution in [0.25, 0.3) is 0 Å². The third kappa shape index (κ3) is 4.48. The normalized spacial score (nSPS) is 16.1. The van der Waals surface area contributed by atoms with Gasteiger partial charge in [-0.05, 0) is 40.4 Å². The first-order valence-corrected chi connectivity index (χ1v) is 8.69. The average molecular weight is 404 g/mol. The number of benzene rings is 1. The van der Waals surface area contributed by atoms with Crippen LogP contribution < -0.4 is 11.1 Å². The van der Waals surface area contributed by atoms with Crippen molar-refractivity contribution in [1.29, 1.82) is 0 Å². The summed E-state index contributed by atoms with van der Waals surface area (Å²) in [5.74, 6) is 0.769. The van der Waals surface area contributed by atoms with Gasteiger partial charge >= 0.3 is 0 Å². The fourth-order valence-electron chi connectivity index (χ4n) is 2.74. The van der Waals surface area contributed by atoms with Crippen LogP contribution in [-0.2, 0) is 4.79 Å². The molecule has 0 saturated heterocycles. The SMILES string of the molecule is Nc1cc(Br)cc(Br)c1NC(=O)CCC1CCCCC1. The van der Waals surface area contributed by atoms with E-state index >= 15 is 0 Å². The molecular weight excluding hydrogens is 384 g/mol. The highest BCUT2D eigenvalue weighted by molar-refractivity contribution is 9.11. The zero-order valence-electron chi connectivity index (χ0n) is 11.4. The average Bonchev–Trinajstić information content (AvgIpc) is 2.42. The lowest BCUT2D eigenvalue weighted by Crippen LogP contribution is -2.16. The van der Waals surface area contributed by atoms with Gasteiger partial charge in [0.2, 0.25) is 5.91 Å². The Morgan fingerprint density at radius 3 is 2.60 bits per heavy atom. The highest BCUT2D eigenvalue weighted by atomic mass is 79.9. The summed E-state index contributed by atoms with van der Waals surface area (Å²) >= 11 is 6.80. The summed E-state index contributed by atoms with van der Waals surface area (Å²) in [4.78, 5) is 12.0. The summed E-state index contributed by atoms with van der Waals surface area (Å²) in [6.45, 7) is 0. The molecule has 3 N–H and O–H groups in total. The second-order valence-electron chi connectivity index (χ2n) is 5.44. The molecule has 0 bridgehead atoms. The van der Waals surface area contributed by atoms with Crippen molar-refractivity contribution in [3.63, 3.8) is 0 Å². The van der Waals surface area contributed by atoms with E-state index < -0.39 is 0 Å². The van der Waals surface area contributed by atoms with Crippen molar-refractivity contribution in [3.8, 4) is 0 Å². The molecule has 1 aromatic carbocycles. The van der Waals surface area contributed by atoms with Crippen molar-refractivity contribution < 1.29 is 4.79 Å². The first-order valence-electron chi connectivity index (χ1n) is 7.10. The molecule has 20 heavy (non-hydrogen) atoms. The summed E-state index contributed by atoms with van der Waals surface area (Å²) in [6, 6.07) is 3.68. The molecule has 1 saturated carbocycles. The van der Waals surface area contributed by atoms with Gasteiger partial charge in [0, 0.05) is 15.4 Å². The predicted molar refractivity (Wildman–Crippen MR) is 90.7 cm³/mol. The molecule has 1 fully saturated rings. The van der Waals surface area contributed by atoms with Crippen LogP contribution in [-0.4, -0.2) is 5.91 Å². The van der Waals surface area contributed by atoms with Crippen molar-refractivity contribution in [2.75, 3.05) is 11.1 Å². The Balaban J connectivity index is 1.88. The molecule has 5 heteroatoms. The maximum absolute atomic E-state index is 12.0. The number of nitrogens with two attached hydrogens (primary N) is 1. The number of hydrogen-bond acceptors (Lipinski definition) is 2. The van der Waals surface area contributed by atoms with Gasteiger partial charge < -0.3 is 11.1 Å². The molecule has 0 aromatic heterocycles. The number of carbonyl (C=O) groups excluding carboxylic acids is 1. The predicted octanol–water partition coefficient (Wildman–Crippen LogP) is 5.09. The van der Waals surface area contributed by atoms with Gasteiger partial charge in [-0.3, -0.25) is 4.79 Å². The number of nitrogen functional groups attached to an aromatic ring is 1. The molecule has 1 amide bonds. The molecular formula is C15H20Br2N2O. The van der Waals surface area contributed by atoms with Gasteiger partial charge in [-0.25, -0.2) is 0 Å². The summed E-state index contributed by atoms with van der Waals surface area (Å²) in [5, 5.41) is 2.91. The van der Waals surface area contributed by atoms with E-state index in [1.54, 1.807) is 6.07 Å². The van der Waals surface area contributed by atoms with E-state index in [0.717, 1.165) is 21.3 Å². The lowest BCUT2D eigenvalue weighted by atomic mass is 9.86. The Hall–Kier alpha value is -0.550. The largest absolute Gasteiger partial charge is 0.397 e. The highest BCUT2D eigenvalue weighted by Gasteiger charge is 2.16. The van der Waals surface area contributed by atoms with E-state index in [2.05, 4.69) is 37.2 Å². The van der Waals surface area contributed by atoms with Crippen LogP contribution in [0.1, 0.15) is 44.9 Å². The molecule has 2 rings (SSSR count). The molecule has 0 spiro atoms. The Bertz CT molecular complexity index is 462. The molecule has 1 aliphatic carbocycles. The Kier molecular flexibility index (Phi) is 5.90. The second-order valence-corrected chi connectivity index (χ2v) is 7.21. The number of nitrogens with one attached hydrogen (secondary N) is 1. The number of anilines is 2. The Morgan fingerprint density at radius 2 is 1.95 bits per heavy atom. The summed E-state index contributed by atoms with van der Waals surface area (Å²) in [5.41, 5.74) is 7.17. The van der Waals surface area contributed by atoms with Gasteiger partial charge in [0.05, 0.1) is 11.4 Å². The molecule has 0 aliphatic heterocycles. The minimum atomic E-state index is 0.0466. The van der Waals surface area contributed by atoms with Crippen molar-refractivity contribution in [1.82, 2.24) is 0 Å². The standard InChI is InChI=1S/C15H20Br2N2O/c16-11-8-12(17)15(13(18)9-11)19-14(20)7-6-10-4-2-1-3-5-10/h8-10H,1-7,18H2,(H,19,20). The number of halogens is 2. The third-order valence-electron chi connectivity index (χ3n) is 3.85. The summed E-state index contributed by atoms with van der Waals surface area (Å²) in [7, 11) is 0. The van der Waals surface area contributed by atoms with Crippen LogP contribution in [0.4, 0.5) is 11.4 Å². The second kappa shape index (κ2) is 7.46.